The molecule has 0 radical (unpaired) electrons. The minimum atomic E-state index is -4.74. The highest BCUT2D eigenvalue weighted by Gasteiger charge is 2.36. The van der Waals surface area contributed by atoms with Crippen molar-refractivity contribution in [2.24, 2.45) is 5.14 Å². The molecule has 96 valence electrons. The van der Waals surface area contributed by atoms with Crippen LogP contribution in [0.15, 0.2) is 21.5 Å². The Hall–Kier alpha value is -0.800. The Labute approximate surface area is 104 Å². The van der Waals surface area contributed by atoms with Gasteiger partial charge in [-0.3, -0.25) is 0 Å². The van der Waals surface area contributed by atoms with Crippen LogP contribution in [0.5, 0.6) is 5.75 Å². The molecule has 0 saturated carbocycles. The predicted octanol–water partition coefficient (Wildman–Crippen LogP) is 2.12. The van der Waals surface area contributed by atoms with E-state index >= 15 is 0 Å². The van der Waals surface area contributed by atoms with Crippen LogP contribution in [0, 0.1) is 0 Å². The first-order chi connectivity index (χ1) is 7.57. The average Bonchev–Trinajstić information content (AvgIpc) is 2.13. The van der Waals surface area contributed by atoms with Gasteiger partial charge in [-0.2, -0.15) is 13.2 Å². The summed E-state index contributed by atoms with van der Waals surface area (Å²) in [5.41, 5.74) is -1.21. The third-order valence-electron chi connectivity index (χ3n) is 1.86. The molecule has 0 unspecified atom stereocenters. The van der Waals surface area contributed by atoms with Crippen LogP contribution in [-0.4, -0.2) is 15.5 Å². The molecule has 17 heavy (non-hydrogen) atoms. The van der Waals surface area contributed by atoms with Crippen LogP contribution in [0.2, 0.25) is 0 Å². The number of primary sulfonamides is 1. The molecule has 0 aliphatic carbocycles. The molecule has 4 nitrogen and oxygen atoms in total. The average molecular weight is 334 g/mol. The van der Waals surface area contributed by atoms with Gasteiger partial charge in [0.05, 0.1) is 22.0 Å². The SMILES string of the molecule is COc1c(Br)cc(S(N)(=O)=O)cc1C(F)(F)F. The van der Waals surface area contributed by atoms with Gasteiger partial charge in [0.25, 0.3) is 0 Å². The molecule has 0 saturated heterocycles. The summed E-state index contributed by atoms with van der Waals surface area (Å²) in [6, 6.07) is 1.38. The van der Waals surface area contributed by atoms with Crippen molar-refractivity contribution in [2.45, 2.75) is 11.1 Å². The minimum Gasteiger partial charge on any atom is -0.495 e. The van der Waals surface area contributed by atoms with E-state index in [1.807, 2.05) is 0 Å². The third-order valence-corrected chi connectivity index (χ3v) is 3.34. The molecule has 0 aliphatic heterocycles. The number of hydrogen-bond donors (Lipinski definition) is 1. The summed E-state index contributed by atoms with van der Waals surface area (Å²) in [7, 11) is -3.17. The van der Waals surface area contributed by atoms with Gasteiger partial charge >= 0.3 is 6.18 Å². The van der Waals surface area contributed by atoms with Crippen LogP contribution >= 0.6 is 15.9 Å². The second kappa shape index (κ2) is 4.46. The molecular weight excluding hydrogens is 327 g/mol. The predicted molar refractivity (Wildman–Crippen MR) is 57.1 cm³/mol. The lowest BCUT2D eigenvalue weighted by Crippen LogP contribution is -2.15. The Kier molecular flexibility index (Phi) is 3.75. The van der Waals surface area contributed by atoms with Crippen molar-refractivity contribution < 1.29 is 26.3 Å². The number of ether oxygens (including phenoxy) is 1. The minimum absolute atomic E-state index is 0.140. The van der Waals surface area contributed by atoms with Crippen molar-refractivity contribution in [1.29, 1.82) is 0 Å². The van der Waals surface area contributed by atoms with Gasteiger partial charge in [-0.1, -0.05) is 0 Å². The van der Waals surface area contributed by atoms with E-state index in [0.717, 1.165) is 13.2 Å². The number of rotatable bonds is 2. The number of alkyl halides is 3. The molecule has 1 rings (SSSR count). The van der Waals surface area contributed by atoms with Gasteiger partial charge in [-0.05, 0) is 28.1 Å². The maximum absolute atomic E-state index is 12.6. The van der Waals surface area contributed by atoms with E-state index in [2.05, 4.69) is 20.7 Å². The monoisotopic (exact) mass is 333 g/mol. The molecule has 2 N–H and O–H groups in total. The number of methoxy groups -OCH3 is 1. The van der Waals surface area contributed by atoms with Crippen molar-refractivity contribution in [2.75, 3.05) is 7.11 Å². The highest BCUT2D eigenvalue weighted by Crippen LogP contribution is 2.41. The molecule has 1 aromatic carbocycles. The molecule has 0 aliphatic rings. The van der Waals surface area contributed by atoms with Crippen LogP contribution in [0.4, 0.5) is 13.2 Å². The van der Waals surface area contributed by atoms with Crippen LogP contribution in [0.1, 0.15) is 5.56 Å². The van der Waals surface area contributed by atoms with E-state index in [0.29, 0.717) is 6.07 Å². The second-order valence-corrected chi connectivity index (χ2v) is 5.44. The summed E-state index contributed by atoms with van der Waals surface area (Å²) in [4.78, 5) is -0.641. The van der Waals surface area contributed by atoms with Crippen LogP contribution in [-0.2, 0) is 16.2 Å². The molecule has 0 atom stereocenters. The maximum atomic E-state index is 12.6. The summed E-state index contributed by atoms with van der Waals surface area (Å²) < 4.78 is 64.4. The van der Waals surface area contributed by atoms with Gasteiger partial charge in [0.1, 0.15) is 5.75 Å². The second-order valence-electron chi connectivity index (χ2n) is 3.03. The third kappa shape index (κ3) is 3.11. The largest absolute Gasteiger partial charge is 0.495 e. The topological polar surface area (TPSA) is 69.4 Å². The van der Waals surface area contributed by atoms with Gasteiger partial charge in [0, 0.05) is 0 Å². The smallest absolute Gasteiger partial charge is 0.420 e. The molecule has 0 aromatic heterocycles. The quantitative estimate of drug-likeness (QED) is 0.901. The summed E-state index contributed by atoms with van der Waals surface area (Å²) in [5.74, 6) is -0.495. The highest BCUT2D eigenvalue weighted by molar-refractivity contribution is 9.10. The molecule has 1 aromatic rings. The normalized spacial score (nSPS) is 12.6. The van der Waals surface area contributed by atoms with Gasteiger partial charge in [0.15, 0.2) is 0 Å². The van der Waals surface area contributed by atoms with E-state index in [4.69, 9.17) is 5.14 Å². The van der Waals surface area contributed by atoms with Crippen LogP contribution in [0.25, 0.3) is 0 Å². The maximum Gasteiger partial charge on any atom is 0.420 e. The first-order valence-electron chi connectivity index (χ1n) is 4.05. The first kappa shape index (κ1) is 14.3. The standard InChI is InChI=1S/C8H7BrF3NO3S/c1-16-7-5(8(10,11)12)2-4(3-6(7)9)17(13,14)15/h2-3H,1H3,(H2,13,14,15). The Morgan fingerprint density at radius 2 is 1.88 bits per heavy atom. The van der Waals surface area contributed by atoms with Crippen LogP contribution < -0.4 is 9.88 Å². The van der Waals surface area contributed by atoms with E-state index in [1.165, 1.54) is 0 Å². The number of sulfonamides is 1. The summed E-state index contributed by atoms with van der Waals surface area (Å²) in [5, 5.41) is 4.77. The lowest BCUT2D eigenvalue weighted by molar-refractivity contribution is -0.139. The molecule has 0 spiro atoms. The zero-order valence-electron chi connectivity index (χ0n) is 8.38. The van der Waals surface area contributed by atoms with Crippen molar-refractivity contribution in [3.8, 4) is 5.75 Å². The number of benzene rings is 1. The summed E-state index contributed by atoms with van der Waals surface area (Å²) >= 11 is 2.80. The van der Waals surface area contributed by atoms with Crippen LogP contribution in [0.3, 0.4) is 0 Å². The number of nitrogens with two attached hydrogens (primary N) is 1. The lowest BCUT2D eigenvalue weighted by atomic mass is 10.2. The first-order valence-corrected chi connectivity index (χ1v) is 6.39. The van der Waals surface area contributed by atoms with Crippen molar-refractivity contribution >= 4 is 26.0 Å². The van der Waals surface area contributed by atoms with Crippen molar-refractivity contribution in [3.63, 3.8) is 0 Å². The molecular formula is C8H7BrF3NO3S. The van der Waals surface area contributed by atoms with E-state index in [1.54, 1.807) is 0 Å². The van der Waals surface area contributed by atoms with Gasteiger partial charge in [-0.25, -0.2) is 13.6 Å². The number of halogens is 4. The van der Waals surface area contributed by atoms with Crippen molar-refractivity contribution in [3.05, 3.63) is 22.2 Å². The molecule has 0 fully saturated rings. The fraction of sp³-hybridized carbons (Fsp3) is 0.250. The van der Waals surface area contributed by atoms with Crippen molar-refractivity contribution in [1.82, 2.24) is 0 Å². The zero-order chi connectivity index (χ0) is 13.4. The zero-order valence-corrected chi connectivity index (χ0v) is 10.8. The number of hydrogen-bond acceptors (Lipinski definition) is 3. The summed E-state index contributed by atoms with van der Waals surface area (Å²) in [6.45, 7) is 0. The fourth-order valence-corrected chi connectivity index (χ4v) is 2.49. The van der Waals surface area contributed by atoms with E-state index in [9.17, 15) is 21.6 Å². The Balaban J connectivity index is 3.62. The Morgan fingerprint density at radius 3 is 2.24 bits per heavy atom. The van der Waals surface area contributed by atoms with Gasteiger partial charge in [-0.15, -0.1) is 0 Å². The molecule has 9 heteroatoms. The molecule has 0 heterocycles. The Morgan fingerprint density at radius 1 is 1.35 bits per heavy atom. The van der Waals surface area contributed by atoms with E-state index in [-0.39, 0.29) is 4.47 Å². The highest BCUT2D eigenvalue weighted by atomic mass is 79.9. The summed E-state index contributed by atoms with van der Waals surface area (Å²) in [6.07, 6.45) is -4.74. The Bertz CT molecular complexity index is 542. The fourth-order valence-electron chi connectivity index (χ4n) is 1.15. The van der Waals surface area contributed by atoms with Gasteiger partial charge in [0.2, 0.25) is 10.0 Å². The molecule has 0 amide bonds. The molecule has 0 bridgehead atoms. The van der Waals surface area contributed by atoms with E-state index < -0.39 is 32.4 Å². The lowest BCUT2D eigenvalue weighted by Gasteiger charge is -2.14. The van der Waals surface area contributed by atoms with Gasteiger partial charge < -0.3 is 4.74 Å².